The second-order valence-electron chi connectivity index (χ2n) is 6.37. The van der Waals surface area contributed by atoms with E-state index in [0.29, 0.717) is 12.2 Å². The number of aliphatic carboxylic acids is 1. The molecule has 1 atom stereocenters. The van der Waals surface area contributed by atoms with Crippen LogP contribution in [0.25, 0.3) is 0 Å². The van der Waals surface area contributed by atoms with Crippen LogP contribution in [0, 0.1) is 0 Å². The molecule has 1 rings (SSSR count). The molecule has 0 saturated carbocycles. The number of rotatable bonds is 12. The van der Waals surface area contributed by atoms with Gasteiger partial charge in [-0.1, -0.05) is 26.7 Å². The fourth-order valence-corrected chi connectivity index (χ4v) is 2.50. The van der Waals surface area contributed by atoms with Gasteiger partial charge in [0.25, 0.3) is 0 Å². The molecule has 1 aromatic rings. The quantitative estimate of drug-likeness (QED) is 0.582. The molecule has 0 aliphatic carbocycles. The highest BCUT2D eigenvalue weighted by Gasteiger charge is 2.45. The number of carbonyl (C=O) groups is 3. The highest BCUT2D eigenvalue weighted by atomic mass is 16.4. The van der Waals surface area contributed by atoms with Gasteiger partial charge in [0, 0.05) is 25.7 Å². The number of unbranched alkanes of at least 4 members (excludes halogenated alkanes) is 2. The van der Waals surface area contributed by atoms with E-state index in [1.807, 2.05) is 6.92 Å². The highest BCUT2D eigenvalue weighted by Crippen LogP contribution is 2.29. The maximum atomic E-state index is 12.5. The van der Waals surface area contributed by atoms with Gasteiger partial charge >= 0.3 is 5.97 Å². The zero-order chi connectivity index (χ0) is 18.2. The lowest BCUT2D eigenvalue weighted by Gasteiger charge is -2.21. The van der Waals surface area contributed by atoms with Crippen LogP contribution in [-0.2, 0) is 26.2 Å². The Balaban J connectivity index is 2.83. The van der Waals surface area contributed by atoms with Crippen molar-refractivity contribution in [3.05, 3.63) is 23.7 Å². The van der Waals surface area contributed by atoms with Crippen molar-refractivity contribution in [3.63, 3.8) is 0 Å². The van der Waals surface area contributed by atoms with E-state index >= 15 is 0 Å². The van der Waals surface area contributed by atoms with Gasteiger partial charge in [-0.3, -0.25) is 14.4 Å². The third-order valence-electron chi connectivity index (χ3n) is 4.36. The van der Waals surface area contributed by atoms with Gasteiger partial charge in [-0.25, -0.2) is 0 Å². The number of furan rings is 1. The number of ketones is 2. The summed E-state index contributed by atoms with van der Waals surface area (Å²) in [5.74, 6) is -0.902. The molecule has 0 fully saturated rings. The van der Waals surface area contributed by atoms with Crippen LogP contribution < -0.4 is 0 Å². The number of carboxylic acids is 1. The largest absolute Gasteiger partial charge is 0.480 e. The number of carboxylic acid groups (broad SMARTS) is 1. The number of hydrogen-bond acceptors (Lipinski definition) is 4. The van der Waals surface area contributed by atoms with E-state index in [-0.39, 0.29) is 24.4 Å². The Morgan fingerprint density at radius 2 is 1.71 bits per heavy atom. The van der Waals surface area contributed by atoms with Crippen molar-refractivity contribution < 1.29 is 23.9 Å². The molecule has 1 unspecified atom stereocenters. The van der Waals surface area contributed by atoms with Gasteiger partial charge in [0.1, 0.15) is 17.3 Å². The number of carbonyl (C=O) groups excluding carboxylic acids is 2. The fraction of sp³-hybridized carbons (Fsp3) is 0.632. The van der Waals surface area contributed by atoms with E-state index < -0.39 is 17.2 Å². The Morgan fingerprint density at radius 3 is 2.29 bits per heavy atom. The Hall–Kier alpha value is -1.91. The molecule has 24 heavy (non-hydrogen) atoms. The molecule has 0 spiro atoms. The van der Waals surface area contributed by atoms with Crippen molar-refractivity contribution in [1.29, 1.82) is 0 Å². The molecule has 0 amide bonds. The molecule has 134 valence electrons. The third kappa shape index (κ3) is 5.05. The summed E-state index contributed by atoms with van der Waals surface area (Å²) < 4.78 is 5.62. The zero-order valence-electron chi connectivity index (χ0n) is 14.9. The van der Waals surface area contributed by atoms with Crippen LogP contribution in [-0.4, -0.2) is 22.6 Å². The van der Waals surface area contributed by atoms with Crippen LogP contribution in [0.2, 0.25) is 0 Å². The van der Waals surface area contributed by atoms with Crippen molar-refractivity contribution >= 4 is 17.5 Å². The van der Waals surface area contributed by atoms with E-state index in [2.05, 4.69) is 6.92 Å². The first-order chi connectivity index (χ1) is 11.4. The number of Topliss-reactive ketones (excluding diaryl/α,β-unsaturated/α-hetero) is 2. The average Bonchev–Trinajstić information content (AvgIpc) is 3.04. The monoisotopic (exact) mass is 336 g/mol. The maximum Gasteiger partial charge on any atom is 0.324 e. The van der Waals surface area contributed by atoms with Crippen molar-refractivity contribution in [3.8, 4) is 0 Å². The van der Waals surface area contributed by atoms with Crippen LogP contribution in [0.3, 0.4) is 0 Å². The van der Waals surface area contributed by atoms with Gasteiger partial charge in [0.05, 0.1) is 0 Å². The van der Waals surface area contributed by atoms with Gasteiger partial charge in [0.15, 0.2) is 11.2 Å². The number of hydrogen-bond donors (Lipinski definition) is 1. The minimum Gasteiger partial charge on any atom is -0.480 e. The summed E-state index contributed by atoms with van der Waals surface area (Å²) in [5.41, 5.74) is -1.74. The molecule has 0 bridgehead atoms. The first kappa shape index (κ1) is 20.1. The minimum absolute atomic E-state index is 0.000943. The molecule has 1 aromatic heterocycles. The van der Waals surface area contributed by atoms with Crippen LogP contribution in [0.4, 0.5) is 0 Å². The molecular weight excluding hydrogens is 308 g/mol. The van der Waals surface area contributed by atoms with E-state index in [0.717, 1.165) is 32.1 Å². The summed E-state index contributed by atoms with van der Waals surface area (Å²) in [5, 5.41) is 9.58. The van der Waals surface area contributed by atoms with Crippen LogP contribution in [0.15, 0.2) is 16.5 Å². The Morgan fingerprint density at radius 1 is 1.04 bits per heavy atom. The summed E-state index contributed by atoms with van der Waals surface area (Å²) in [4.78, 5) is 36.0. The molecule has 1 heterocycles. The van der Waals surface area contributed by atoms with Gasteiger partial charge in [0.2, 0.25) is 0 Å². The van der Waals surface area contributed by atoms with Crippen LogP contribution in [0.5, 0.6) is 0 Å². The Bertz CT molecular complexity index is 572. The maximum absolute atomic E-state index is 12.5. The first-order valence-corrected chi connectivity index (χ1v) is 8.73. The molecule has 5 nitrogen and oxygen atoms in total. The van der Waals surface area contributed by atoms with Gasteiger partial charge in [-0.15, -0.1) is 0 Å². The van der Waals surface area contributed by atoms with E-state index in [1.54, 1.807) is 12.1 Å². The normalized spacial score (nSPS) is 13.5. The molecule has 0 radical (unpaired) electrons. The molecule has 0 saturated heterocycles. The average molecular weight is 336 g/mol. The smallest absolute Gasteiger partial charge is 0.324 e. The van der Waals surface area contributed by atoms with E-state index in [4.69, 9.17) is 4.42 Å². The number of aryl methyl sites for hydroxylation is 1. The predicted molar refractivity (Wildman–Crippen MR) is 91.1 cm³/mol. The topological polar surface area (TPSA) is 84.6 Å². The standard InChI is InChI=1S/C19H28O5/c1-4-6-8-14(20)10-12-16(21)19(3,18(22)23)17-13-11-15(24-17)9-7-5-2/h11,13H,4-10,12H2,1-3H3,(H,22,23). The zero-order valence-corrected chi connectivity index (χ0v) is 14.9. The Labute approximate surface area is 143 Å². The van der Waals surface area contributed by atoms with E-state index in [9.17, 15) is 19.5 Å². The lowest BCUT2D eigenvalue weighted by Crippen LogP contribution is -2.40. The molecule has 0 aromatic carbocycles. The van der Waals surface area contributed by atoms with Crippen molar-refractivity contribution in [2.75, 3.05) is 0 Å². The van der Waals surface area contributed by atoms with Crippen molar-refractivity contribution in [1.82, 2.24) is 0 Å². The molecule has 5 heteroatoms. The van der Waals surface area contributed by atoms with Crippen molar-refractivity contribution in [2.45, 2.75) is 77.6 Å². The third-order valence-corrected chi connectivity index (χ3v) is 4.36. The lowest BCUT2D eigenvalue weighted by molar-refractivity contribution is -0.149. The molecule has 0 aliphatic heterocycles. The second kappa shape index (κ2) is 9.40. The summed E-state index contributed by atoms with van der Waals surface area (Å²) in [7, 11) is 0. The first-order valence-electron chi connectivity index (χ1n) is 8.73. The SMILES string of the molecule is CCCCC(=O)CCC(=O)C(C)(C(=O)O)c1ccc(CCCC)o1. The van der Waals surface area contributed by atoms with Crippen molar-refractivity contribution in [2.24, 2.45) is 0 Å². The second-order valence-corrected chi connectivity index (χ2v) is 6.37. The lowest BCUT2D eigenvalue weighted by atomic mass is 9.81. The highest BCUT2D eigenvalue weighted by molar-refractivity contribution is 6.08. The molecule has 0 aliphatic rings. The van der Waals surface area contributed by atoms with E-state index in [1.165, 1.54) is 6.92 Å². The molecule has 1 N–H and O–H groups in total. The van der Waals surface area contributed by atoms with Gasteiger partial charge in [-0.05, 0) is 31.9 Å². The van der Waals surface area contributed by atoms with Crippen LogP contribution >= 0.6 is 0 Å². The predicted octanol–water partition coefficient (Wildman–Crippen LogP) is 4.07. The summed E-state index contributed by atoms with van der Waals surface area (Å²) in [6, 6.07) is 3.29. The summed E-state index contributed by atoms with van der Waals surface area (Å²) >= 11 is 0. The fourth-order valence-electron chi connectivity index (χ4n) is 2.50. The molecular formula is C19H28O5. The summed E-state index contributed by atoms with van der Waals surface area (Å²) in [6.45, 7) is 5.41. The Kier molecular flexibility index (Phi) is 7.89. The van der Waals surface area contributed by atoms with Gasteiger partial charge in [-0.2, -0.15) is 0 Å². The van der Waals surface area contributed by atoms with Crippen LogP contribution in [0.1, 0.15) is 77.2 Å². The summed E-state index contributed by atoms with van der Waals surface area (Å²) in [6.07, 6.45) is 4.83. The minimum atomic E-state index is -1.74. The van der Waals surface area contributed by atoms with Gasteiger partial charge < -0.3 is 9.52 Å².